The Labute approximate surface area is 125 Å². The summed E-state index contributed by atoms with van der Waals surface area (Å²) in [6.07, 6.45) is 6.62. The second kappa shape index (κ2) is 7.83. The average Bonchev–Trinajstić information content (AvgIpc) is 2.87. The fourth-order valence-electron chi connectivity index (χ4n) is 3.61. The van der Waals surface area contributed by atoms with E-state index in [1.807, 2.05) is 0 Å². The van der Waals surface area contributed by atoms with Crippen LogP contribution in [0.5, 0.6) is 0 Å². The molecule has 0 spiro atoms. The molecule has 1 aromatic rings. The van der Waals surface area contributed by atoms with E-state index >= 15 is 0 Å². The minimum absolute atomic E-state index is 0.746. The van der Waals surface area contributed by atoms with E-state index < -0.39 is 0 Å². The molecule has 0 bridgehead atoms. The predicted octanol–water partition coefficient (Wildman–Crippen LogP) is 4.77. The van der Waals surface area contributed by atoms with Crippen molar-refractivity contribution in [3.63, 3.8) is 0 Å². The quantitative estimate of drug-likeness (QED) is 0.706. The van der Waals surface area contributed by atoms with Crippen molar-refractivity contribution in [2.24, 2.45) is 11.8 Å². The first-order chi connectivity index (χ1) is 9.70. The van der Waals surface area contributed by atoms with Crippen molar-refractivity contribution in [1.82, 2.24) is 5.32 Å². The van der Waals surface area contributed by atoms with Crippen LogP contribution in [0.4, 0.5) is 0 Å². The zero-order valence-corrected chi connectivity index (χ0v) is 13.5. The number of nitrogens with one attached hydrogen (secondary N) is 1. The van der Waals surface area contributed by atoms with Crippen LogP contribution in [-0.2, 0) is 6.42 Å². The predicted molar refractivity (Wildman–Crippen MR) is 88.2 cm³/mol. The Morgan fingerprint density at radius 1 is 1.25 bits per heavy atom. The van der Waals surface area contributed by atoms with Crippen LogP contribution in [0.1, 0.15) is 63.5 Å². The lowest BCUT2D eigenvalue weighted by molar-refractivity contribution is 0.444. The Morgan fingerprint density at radius 2 is 2.10 bits per heavy atom. The Kier molecular flexibility index (Phi) is 6.09. The summed E-state index contributed by atoms with van der Waals surface area (Å²) >= 11 is 0. The molecule has 2 unspecified atom stereocenters. The van der Waals surface area contributed by atoms with Gasteiger partial charge < -0.3 is 5.32 Å². The van der Waals surface area contributed by atoms with E-state index in [1.54, 1.807) is 5.56 Å². The molecule has 0 amide bonds. The van der Waals surface area contributed by atoms with Crippen molar-refractivity contribution in [2.75, 3.05) is 13.1 Å². The Bertz CT molecular complexity index is 397. The molecule has 0 aromatic heterocycles. The highest BCUT2D eigenvalue weighted by atomic mass is 14.9. The lowest BCUT2D eigenvalue weighted by atomic mass is 9.87. The molecule has 1 fully saturated rings. The highest BCUT2D eigenvalue weighted by Crippen LogP contribution is 2.39. The second-order valence-corrected chi connectivity index (χ2v) is 6.84. The van der Waals surface area contributed by atoms with E-state index in [4.69, 9.17) is 0 Å². The number of hydrogen-bond acceptors (Lipinski definition) is 1. The molecular formula is C19H31N. The molecule has 20 heavy (non-hydrogen) atoms. The lowest BCUT2D eigenvalue weighted by Crippen LogP contribution is -2.25. The third-order valence-electron chi connectivity index (χ3n) is 4.52. The zero-order chi connectivity index (χ0) is 14.4. The molecule has 2 rings (SSSR count). The van der Waals surface area contributed by atoms with E-state index in [9.17, 15) is 0 Å². The molecule has 1 aliphatic rings. The van der Waals surface area contributed by atoms with Crippen LogP contribution >= 0.6 is 0 Å². The highest BCUT2D eigenvalue weighted by molar-refractivity contribution is 5.28. The summed E-state index contributed by atoms with van der Waals surface area (Å²) in [6, 6.07) is 9.39. The SMILES string of the molecule is CCCNCC1CCCC1c1cccc(CC(C)C)c1. The molecule has 0 radical (unpaired) electrons. The third-order valence-corrected chi connectivity index (χ3v) is 4.52. The van der Waals surface area contributed by atoms with Crippen molar-refractivity contribution < 1.29 is 0 Å². The summed E-state index contributed by atoms with van der Waals surface area (Å²) in [7, 11) is 0. The van der Waals surface area contributed by atoms with E-state index in [0.29, 0.717) is 0 Å². The maximum Gasteiger partial charge on any atom is -0.00147 e. The summed E-state index contributed by atoms with van der Waals surface area (Å²) in [5.74, 6) is 2.37. The summed E-state index contributed by atoms with van der Waals surface area (Å²) in [5, 5.41) is 3.62. The van der Waals surface area contributed by atoms with Crippen LogP contribution in [0, 0.1) is 11.8 Å². The van der Waals surface area contributed by atoms with Crippen molar-refractivity contribution in [3.8, 4) is 0 Å². The van der Waals surface area contributed by atoms with Gasteiger partial charge in [-0.2, -0.15) is 0 Å². The smallest absolute Gasteiger partial charge is 0.00147 e. The van der Waals surface area contributed by atoms with Crippen molar-refractivity contribution in [1.29, 1.82) is 0 Å². The fraction of sp³-hybridized carbons (Fsp3) is 0.684. The molecule has 1 heteroatoms. The maximum absolute atomic E-state index is 3.62. The second-order valence-electron chi connectivity index (χ2n) is 6.84. The third kappa shape index (κ3) is 4.34. The van der Waals surface area contributed by atoms with Gasteiger partial charge in [0.05, 0.1) is 0 Å². The van der Waals surface area contributed by atoms with Gasteiger partial charge >= 0.3 is 0 Å². The van der Waals surface area contributed by atoms with Crippen LogP contribution < -0.4 is 5.32 Å². The summed E-state index contributed by atoms with van der Waals surface area (Å²) < 4.78 is 0. The summed E-state index contributed by atoms with van der Waals surface area (Å²) in [5.41, 5.74) is 3.11. The van der Waals surface area contributed by atoms with E-state index in [0.717, 1.165) is 24.3 Å². The van der Waals surface area contributed by atoms with Gasteiger partial charge in [0.25, 0.3) is 0 Å². The zero-order valence-electron chi connectivity index (χ0n) is 13.5. The average molecular weight is 273 g/mol. The minimum atomic E-state index is 0.746. The molecule has 0 saturated heterocycles. The van der Waals surface area contributed by atoms with Crippen LogP contribution in [0.3, 0.4) is 0 Å². The van der Waals surface area contributed by atoms with E-state index in [-0.39, 0.29) is 0 Å². The molecule has 1 aliphatic carbocycles. The van der Waals surface area contributed by atoms with Crippen LogP contribution in [0.15, 0.2) is 24.3 Å². The van der Waals surface area contributed by atoms with Gasteiger partial charge in [0.15, 0.2) is 0 Å². The fourth-order valence-corrected chi connectivity index (χ4v) is 3.61. The Hall–Kier alpha value is -0.820. The van der Waals surface area contributed by atoms with Gasteiger partial charge in [-0.25, -0.2) is 0 Å². The number of benzene rings is 1. The number of rotatable bonds is 7. The highest BCUT2D eigenvalue weighted by Gasteiger charge is 2.28. The maximum atomic E-state index is 3.62. The standard InChI is InChI=1S/C19H31N/c1-4-11-20-14-18-9-6-10-19(18)17-8-5-7-16(13-17)12-15(2)3/h5,7-8,13,15,18-20H,4,6,9-12,14H2,1-3H3. The Morgan fingerprint density at radius 3 is 2.85 bits per heavy atom. The molecule has 1 N–H and O–H groups in total. The molecule has 1 saturated carbocycles. The Balaban J connectivity index is 2.01. The monoisotopic (exact) mass is 273 g/mol. The number of hydrogen-bond donors (Lipinski definition) is 1. The van der Waals surface area contributed by atoms with Gasteiger partial charge in [-0.05, 0) is 67.7 Å². The van der Waals surface area contributed by atoms with Gasteiger partial charge in [-0.3, -0.25) is 0 Å². The molecule has 112 valence electrons. The lowest BCUT2D eigenvalue weighted by Gasteiger charge is -2.21. The first-order valence-electron chi connectivity index (χ1n) is 8.50. The van der Waals surface area contributed by atoms with Crippen LogP contribution in [0.25, 0.3) is 0 Å². The van der Waals surface area contributed by atoms with Gasteiger partial charge in [0.1, 0.15) is 0 Å². The molecular weight excluding hydrogens is 242 g/mol. The molecule has 1 aromatic carbocycles. The minimum Gasteiger partial charge on any atom is -0.316 e. The molecule has 1 nitrogen and oxygen atoms in total. The summed E-state index contributed by atoms with van der Waals surface area (Å²) in [6.45, 7) is 9.22. The van der Waals surface area contributed by atoms with Gasteiger partial charge in [-0.15, -0.1) is 0 Å². The van der Waals surface area contributed by atoms with Gasteiger partial charge in [0, 0.05) is 0 Å². The molecule has 0 heterocycles. The first kappa shape index (κ1) is 15.6. The normalized spacial score (nSPS) is 22.6. The van der Waals surface area contributed by atoms with Crippen LogP contribution in [0.2, 0.25) is 0 Å². The van der Waals surface area contributed by atoms with Crippen LogP contribution in [-0.4, -0.2) is 13.1 Å². The first-order valence-corrected chi connectivity index (χ1v) is 8.50. The van der Waals surface area contributed by atoms with Gasteiger partial charge in [0.2, 0.25) is 0 Å². The molecule has 2 atom stereocenters. The molecule has 0 aliphatic heterocycles. The van der Waals surface area contributed by atoms with Crippen molar-refractivity contribution in [3.05, 3.63) is 35.4 Å². The summed E-state index contributed by atoms with van der Waals surface area (Å²) in [4.78, 5) is 0. The van der Waals surface area contributed by atoms with E-state index in [2.05, 4.69) is 50.4 Å². The van der Waals surface area contributed by atoms with E-state index in [1.165, 1.54) is 44.2 Å². The van der Waals surface area contributed by atoms with Crippen molar-refractivity contribution >= 4 is 0 Å². The van der Waals surface area contributed by atoms with Crippen molar-refractivity contribution in [2.45, 2.75) is 58.8 Å². The topological polar surface area (TPSA) is 12.0 Å². The van der Waals surface area contributed by atoms with Gasteiger partial charge in [-0.1, -0.05) is 51.5 Å². The largest absolute Gasteiger partial charge is 0.316 e.